The molecule has 0 atom stereocenters. The summed E-state index contributed by atoms with van der Waals surface area (Å²) in [5.41, 5.74) is 7.20. The number of hydrogen-bond acceptors (Lipinski definition) is 6. The first-order valence-corrected chi connectivity index (χ1v) is 12.2. The zero-order valence-corrected chi connectivity index (χ0v) is 21.6. The molecule has 3 rings (SSSR count). The maximum Gasteiger partial charge on any atom is 0.191 e. The van der Waals surface area contributed by atoms with Gasteiger partial charge in [-0.3, -0.25) is 4.99 Å². The van der Waals surface area contributed by atoms with Crippen LogP contribution in [0.3, 0.4) is 0 Å². The van der Waals surface area contributed by atoms with Crippen LogP contribution in [0.1, 0.15) is 26.3 Å². The van der Waals surface area contributed by atoms with Crippen molar-refractivity contribution in [3.8, 4) is 0 Å². The topological polar surface area (TPSA) is 91.9 Å². The molecular weight excluding hydrogens is 533 g/mol. The fraction of sp³-hybridized carbons (Fsp3) is 0.500. The molecule has 30 heavy (non-hydrogen) atoms. The summed E-state index contributed by atoms with van der Waals surface area (Å²) in [5, 5.41) is 2.98. The summed E-state index contributed by atoms with van der Waals surface area (Å²) >= 11 is 1.62. The van der Waals surface area contributed by atoms with Crippen LogP contribution in [0.25, 0.3) is 0 Å². The zero-order chi connectivity index (χ0) is 21.1. The summed E-state index contributed by atoms with van der Waals surface area (Å²) in [7, 11) is -3.38. The van der Waals surface area contributed by atoms with E-state index < -0.39 is 9.84 Å². The van der Waals surface area contributed by atoms with E-state index in [0.29, 0.717) is 10.9 Å². The Bertz CT molecular complexity index is 931. The van der Waals surface area contributed by atoms with Crippen LogP contribution in [0.15, 0.2) is 45.7 Å². The smallest absolute Gasteiger partial charge is 0.191 e. The van der Waals surface area contributed by atoms with Crippen LogP contribution in [0.2, 0.25) is 0 Å². The number of rotatable bonds is 5. The molecule has 2 N–H and O–H groups in total. The van der Waals surface area contributed by atoms with Gasteiger partial charge in [-0.15, -0.1) is 35.3 Å². The molecule has 0 spiro atoms. The molecule has 2 heterocycles. The molecule has 7 nitrogen and oxygen atoms in total. The highest BCUT2D eigenvalue weighted by Gasteiger charge is 2.21. The van der Waals surface area contributed by atoms with Gasteiger partial charge < -0.3 is 15.5 Å². The van der Waals surface area contributed by atoms with Crippen LogP contribution in [-0.2, 0) is 15.3 Å². The Morgan fingerprint density at radius 3 is 2.33 bits per heavy atom. The molecule has 0 aliphatic carbocycles. The first-order valence-electron chi connectivity index (χ1n) is 9.69. The van der Waals surface area contributed by atoms with Crippen molar-refractivity contribution in [1.29, 1.82) is 0 Å². The van der Waals surface area contributed by atoms with E-state index in [9.17, 15) is 8.42 Å². The second-order valence-corrected chi connectivity index (χ2v) is 11.1. The second kappa shape index (κ2) is 10.3. The van der Waals surface area contributed by atoms with Crippen molar-refractivity contribution >= 4 is 56.2 Å². The summed E-state index contributed by atoms with van der Waals surface area (Å²) in [6, 6.07) is 7.13. The summed E-state index contributed by atoms with van der Waals surface area (Å²) in [4.78, 5) is 13.2. The highest BCUT2D eigenvalue weighted by molar-refractivity contribution is 14.0. The van der Waals surface area contributed by atoms with Crippen LogP contribution >= 0.6 is 35.3 Å². The van der Waals surface area contributed by atoms with Crippen molar-refractivity contribution in [2.75, 3.05) is 43.4 Å². The van der Waals surface area contributed by atoms with Crippen molar-refractivity contribution in [1.82, 2.24) is 9.88 Å². The Morgan fingerprint density at radius 1 is 1.17 bits per heavy atom. The minimum absolute atomic E-state index is 0. The standard InChI is InChI=1S/C20H29N5O2S2.HI/c1-20(2,3)16-4-6-17(7-5-16)29(26,27)15-9-22-18(21)24-10-12-25(13-11-24)19-23-8-14-28-19;/h4-8,14H,9-13,15H2,1-3H3,(H2,21,22);1H. The molecule has 0 bridgehead atoms. The lowest BCUT2D eigenvalue weighted by Gasteiger charge is -2.35. The van der Waals surface area contributed by atoms with Gasteiger partial charge in [-0.25, -0.2) is 13.4 Å². The number of nitrogens with zero attached hydrogens (tertiary/aromatic N) is 4. The number of guanidine groups is 1. The molecule has 2 aromatic rings. The van der Waals surface area contributed by atoms with Crippen molar-refractivity contribution in [2.24, 2.45) is 10.7 Å². The lowest BCUT2D eigenvalue weighted by Crippen LogP contribution is -2.51. The highest BCUT2D eigenvalue weighted by Crippen LogP contribution is 2.24. The van der Waals surface area contributed by atoms with Gasteiger partial charge in [0.15, 0.2) is 20.9 Å². The van der Waals surface area contributed by atoms with Gasteiger partial charge in [-0.2, -0.15) is 0 Å². The molecule has 0 radical (unpaired) electrons. The Morgan fingerprint density at radius 2 is 1.80 bits per heavy atom. The van der Waals surface area contributed by atoms with E-state index in [1.54, 1.807) is 29.7 Å². The number of aromatic nitrogens is 1. The highest BCUT2D eigenvalue weighted by atomic mass is 127. The predicted molar refractivity (Wildman–Crippen MR) is 135 cm³/mol. The lowest BCUT2D eigenvalue weighted by atomic mass is 9.87. The van der Waals surface area contributed by atoms with E-state index in [1.807, 2.05) is 22.4 Å². The molecule has 1 aliphatic heterocycles. The van der Waals surface area contributed by atoms with Crippen LogP contribution in [0.5, 0.6) is 0 Å². The van der Waals surface area contributed by atoms with Crippen LogP contribution in [0.4, 0.5) is 5.13 Å². The zero-order valence-electron chi connectivity index (χ0n) is 17.6. The molecule has 1 saturated heterocycles. The fourth-order valence-corrected chi connectivity index (χ4v) is 4.97. The normalized spacial score (nSPS) is 15.8. The molecule has 1 aromatic carbocycles. The molecule has 10 heteroatoms. The molecule has 0 amide bonds. The van der Waals surface area contributed by atoms with Gasteiger partial charge >= 0.3 is 0 Å². The first kappa shape index (κ1) is 24.9. The number of hydrogen-bond donors (Lipinski definition) is 1. The van der Waals surface area contributed by atoms with Gasteiger partial charge in [0, 0.05) is 37.8 Å². The third kappa shape index (κ3) is 6.30. The predicted octanol–water partition coefficient (Wildman–Crippen LogP) is 2.97. The van der Waals surface area contributed by atoms with Crippen LogP contribution in [0, 0.1) is 0 Å². The van der Waals surface area contributed by atoms with Gasteiger partial charge in [-0.05, 0) is 23.1 Å². The van der Waals surface area contributed by atoms with E-state index >= 15 is 0 Å². The summed E-state index contributed by atoms with van der Waals surface area (Å²) < 4.78 is 25.2. The number of nitrogens with two attached hydrogens (primary N) is 1. The van der Waals surface area contributed by atoms with Gasteiger partial charge in [0.1, 0.15) is 0 Å². The van der Waals surface area contributed by atoms with Crippen molar-refractivity contribution in [2.45, 2.75) is 31.1 Å². The van der Waals surface area contributed by atoms with Gasteiger partial charge in [0.2, 0.25) is 0 Å². The molecular formula is C20H30IN5O2S2. The quantitative estimate of drug-likeness (QED) is 0.342. The van der Waals surface area contributed by atoms with E-state index in [4.69, 9.17) is 5.73 Å². The number of benzene rings is 1. The maximum absolute atomic E-state index is 12.6. The number of halogens is 1. The lowest BCUT2D eigenvalue weighted by molar-refractivity contribution is 0.381. The van der Waals surface area contributed by atoms with Crippen molar-refractivity contribution < 1.29 is 8.42 Å². The molecule has 0 unspecified atom stereocenters. The Kier molecular flexibility index (Phi) is 8.51. The number of piperazine rings is 1. The average molecular weight is 564 g/mol. The van der Waals surface area contributed by atoms with E-state index in [2.05, 4.69) is 35.6 Å². The summed E-state index contributed by atoms with van der Waals surface area (Å²) in [5.74, 6) is 0.351. The van der Waals surface area contributed by atoms with E-state index in [0.717, 1.165) is 36.9 Å². The third-order valence-electron chi connectivity index (χ3n) is 5.01. The fourth-order valence-electron chi connectivity index (χ4n) is 3.16. The minimum Gasteiger partial charge on any atom is -0.370 e. The molecule has 166 valence electrons. The van der Waals surface area contributed by atoms with Gasteiger partial charge in [-0.1, -0.05) is 32.9 Å². The third-order valence-corrected chi connectivity index (χ3v) is 7.55. The van der Waals surface area contributed by atoms with Crippen molar-refractivity contribution in [3.05, 3.63) is 41.4 Å². The van der Waals surface area contributed by atoms with Crippen LogP contribution < -0.4 is 10.6 Å². The van der Waals surface area contributed by atoms with E-state index in [1.165, 1.54) is 0 Å². The Labute approximate surface area is 200 Å². The molecule has 1 aromatic heterocycles. The molecule has 1 fully saturated rings. The number of anilines is 1. The summed E-state index contributed by atoms with van der Waals surface area (Å²) in [6.07, 6.45) is 1.80. The van der Waals surface area contributed by atoms with Crippen molar-refractivity contribution in [3.63, 3.8) is 0 Å². The Hall–Kier alpha value is -1.40. The largest absolute Gasteiger partial charge is 0.370 e. The number of aliphatic imine (C=N–C) groups is 1. The summed E-state index contributed by atoms with van der Waals surface area (Å²) in [6.45, 7) is 9.60. The SMILES string of the molecule is CC(C)(C)c1ccc(S(=O)(=O)CCN=C(N)N2CCN(c3nccs3)CC2)cc1.I. The minimum atomic E-state index is -3.38. The Balaban J connectivity index is 0.00000320. The molecule has 1 aliphatic rings. The van der Waals surface area contributed by atoms with Crippen LogP contribution in [-0.4, -0.2) is 62.7 Å². The monoisotopic (exact) mass is 563 g/mol. The maximum atomic E-state index is 12.6. The average Bonchev–Trinajstić information content (AvgIpc) is 3.22. The number of thiazole rings is 1. The number of sulfone groups is 1. The van der Waals surface area contributed by atoms with Gasteiger partial charge in [0.25, 0.3) is 0 Å². The van der Waals surface area contributed by atoms with Gasteiger partial charge in [0.05, 0.1) is 17.2 Å². The molecule has 0 saturated carbocycles. The second-order valence-electron chi connectivity index (χ2n) is 8.12. The first-order chi connectivity index (χ1) is 13.7. The van der Waals surface area contributed by atoms with E-state index in [-0.39, 0.29) is 41.7 Å².